The summed E-state index contributed by atoms with van der Waals surface area (Å²) in [5.74, 6) is 0.903. The van der Waals surface area contributed by atoms with Gasteiger partial charge in [0.15, 0.2) is 6.23 Å². The topological polar surface area (TPSA) is 25.6 Å². The number of fused-ring (bicyclic) bond motifs is 5. The molecule has 0 spiro atoms. The maximum absolute atomic E-state index is 6.44. The Labute approximate surface area is 176 Å². The highest BCUT2D eigenvalue weighted by Crippen LogP contribution is 2.51. The average molecular weight is 393 g/mol. The number of nitrogens with zero attached hydrogens (tertiary/aromatic N) is 1. The molecule has 3 heterocycles. The number of hydrogen-bond acceptors (Lipinski definition) is 3. The number of ether oxygens (including phenoxy) is 1. The first-order chi connectivity index (χ1) is 14.8. The van der Waals surface area contributed by atoms with Gasteiger partial charge in [0.05, 0.1) is 23.9 Å². The molecule has 4 aromatic rings. The van der Waals surface area contributed by atoms with Crippen molar-refractivity contribution in [2.75, 3.05) is 6.61 Å². The van der Waals surface area contributed by atoms with E-state index in [0.717, 1.165) is 34.4 Å². The largest absolute Gasteiger partial charge is 0.456 e. The van der Waals surface area contributed by atoms with E-state index < -0.39 is 0 Å². The molecule has 30 heavy (non-hydrogen) atoms. The van der Waals surface area contributed by atoms with Crippen LogP contribution in [0.5, 0.6) is 0 Å². The molecule has 0 N–H and O–H groups in total. The van der Waals surface area contributed by atoms with Crippen LogP contribution in [0.3, 0.4) is 0 Å². The molecular weight excluding hydrogens is 370 g/mol. The maximum Gasteiger partial charge on any atom is 0.161 e. The molecule has 0 amide bonds. The monoisotopic (exact) mass is 393 g/mol. The van der Waals surface area contributed by atoms with Crippen LogP contribution < -0.4 is 0 Å². The standard InChI is InChI=1S/C27H23NO2/c1-2-18-12-14-20(15-13-18)22-16-25-26(21-10-6-7-11-24(21)30-25)27-28(22)23(17-29-27)19-8-4-3-5-9-19/h3-16,23,27H,2,17H2,1H3/t23-,27-/m0/s1. The first-order valence-corrected chi connectivity index (χ1v) is 10.6. The van der Waals surface area contributed by atoms with Gasteiger partial charge in [-0.3, -0.25) is 0 Å². The number of hydrogen-bond donors (Lipinski definition) is 0. The van der Waals surface area contributed by atoms with Crippen LogP contribution in [0.2, 0.25) is 0 Å². The Morgan fingerprint density at radius 3 is 2.47 bits per heavy atom. The Morgan fingerprint density at radius 2 is 1.67 bits per heavy atom. The summed E-state index contributed by atoms with van der Waals surface area (Å²) < 4.78 is 12.7. The van der Waals surface area contributed by atoms with E-state index in [1.54, 1.807) is 0 Å². The number of aryl methyl sites for hydroxylation is 1. The molecule has 1 saturated heterocycles. The second kappa shape index (κ2) is 6.89. The first-order valence-electron chi connectivity index (χ1n) is 10.6. The smallest absolute Gasteiger partial charge is 0.161 e. The fraction of sp³-hybridized carbons (Fsp3) is 0.185. The van der Waals surface area contributed by atoms with Gasteiger partial charge in [0.25, 0.3) is 0 Å². The lowest BCUT2D eigenvalue weighted by molar-refractivity contribution is 0.0573. The lowest BCUT2D eigenvalue weighted by Crippen LogP contribution is -2.28. The molecule has 0 unspecified atom stereocenters. The van der Waals surface area contributed by atoms with Crippen LogP contribution in [-0.4, -0.2) is 11.5 Å². The molecule has 1 fully saturated rings. The zero-order chi connectivity index (χ0) is 20.1. The minimum absolute atomic E-state index is 0.153. The van der Waals surface area contributed by atoms with Gasteiger partial charge in [-0.1, -0.05) is 79.7 Å². The third-order valence-electron chi connectivity index (χ3n) is 6.30. The van der Waals surface area contributed by atoms with Gasteiger partial charge in [0.1, 0.15) is 11.3 Å². The zero-order valence-corrected chi connectivity index (χ0v) is 16.9. The summed E-state index contributed by atoms with van der Waals surface area (Å²) in [4.78, 5) is 2.43. The Balaban J connectivity index is 1.55. The van der Waals surface area contributed by atoms with E-state index >= 15 is 0 Å². The fourth-order valence-electron chi connectivity index (χ4n) is 4.74. The van der Waals surface area contributed by atoms with Gasteiger partial charge in [-0.2, -0.15) is 0 Å². The maximum atomic E-state index is 6.44. The SMILES string of the molecule is CCc1ccc(C2=Cc3oc4ccccc4c3[C@@H]3OC[C@@H](c4ccccc4)N23)cc1. The van der Waals surface area contributed by atoms with E-state index in [4.69, 9.17) is 9.15 Å². The predicted molar refractivity (Wildman–Crippen MR) is 120 cm³/mol. The van der Waals surface area contributed by atoms with Crippen LogP contribution in [0.4, 0.5) is 0 Å². The molecule has 0 saturated carbocycles. The third kappa shape index (κ3) is 2.62. The Hall–Kier alpha value is -3.30. The summed E-state index contributed by atoms with van der Waals surface area (Å²) >= 11 is 0. The van der Waals surface area contributed by atoms with Crippen molar-refractivity contribution in [3.8, 4) is 0 Å². The molecule has 6 rings (SSSR count). The third-order valence-corrected chi connectivity index (χ3v) is 6.30. The lowest BCUT2D eigenvalue weighted by Gasteiger charge is -2.35. The van der Waals surface area contributed by atoms with Crippen LogP contribution in [0.25, 0.3) is 22.7 Å². The van der Waals surface area contributed by atoms with E-state index in [0.29, 0.717) is 6.61 Å². The summed E-state index contributed by atoms with van der Waals surface area (Å²) in [6, 6.07) is 27.9. The summed E-state index contributed by atoms with van der Waals surface area (Å²) in [6.07, 6.45) is 3.08. The minimum atomic E-state index is -0.153. The van der Waals surface area contributed by atoms with Gasteiger partial charge in [-0.05, 0) is 29.2 Å². The zero-order valence-electron chi connectivity index (χ0n) is 16.9. The van der Waals surface area contributed by atoms with Crippen molar-refractivity contribution < 1.29 is 9.15 Å². The summed E-state index contributed by atoms with van der Waals surface area (Å²) in [7, 11) is 0. The molecule has 148 valence electrons. The van der Waals surface area contributed by atoms with Crippen LogP contribution in [-0.2, 0) is 11.2 Å². The molecule has 2 atom stereocenters. The van der Waals surface area contributed by atoms with Crippen molar-refractivity contribution in [1.29, 1.82) is 0 Å². The van der Waals surface area contributed by atoms with Gasteiger partial charge in [0.2, 0.25) is 0 Å². The van der Waals surface area contributed by atoms with Crippen molar-refractivity contribution in [2.24, 2.45) is 0 Å². The second-order valence-corrected chi connectivity index (χ2v) is 7.98. The van der Waals surface area contributed by atoms with E-state index in [1.165, 1.54) is 16.7 Å². The fourth-order valence-corrected chi connectivity index (χ4v) is 4.74. The highest BCUT2D eigenvalue weighted by atomic mass is 16.5. The molecule has 0 aliphatic carbocycles. The molecule has 3 nitrogen and oxygen atoms in total. The Kier molecular flexibility index (Phi) is 4.03. The van der Waals surface area contributed by atoms with Crippen molar-refractivity contribution >= 4 is 22.7 Å². The predicted octanol–water partition coefficient (Wildman–Crippen LogP) is 6.58. The summed E-state index contributed by atoms with van der Waals surface area (Å²) in [5, 5.41) is 1.13. The molecule has 0 radical (unpaired) electrons. The highest BCUT2D eigenvalue weighted by molar-refractivity contribution is 5.91. The number of rotatable bonds is 3. The van der Waals surface area contributed by atoms with Crippen LogP contribution in [0.1, 0.15) is 47.2 Å². The van der Waals surface area contributed by atoms with Gasteiger partial charge in [-0.25, -0.2) is 0 Å². The summed E-state index contributed by atoms with van der Waals surface area (Å²) in [5.41, 5.74) is 7.00. The Morgan fingerprint density at radius 1 is 0.900 bits per heavy atom. The van der Waals surface area contributed by atoms with Crippen molar-refractivity contribution in [3.63, 3.8) is 0 Å². The number of benzene rings is 3. The number of furan rings is 1. The van der Waals surface area contributed by atoms with Crippen LogP contribution in [0, 0.1) is 0 Å². The van der Waals surface area contributed by atoms with Crippen LogP contribution in [0.15, 0.2) is 83.3 Å². The second-order valence-electron chi connectivity index (χ2n) is 7.98. The van der Waals surface area contributed by atoms with Crippen molar-refractivity contribution in [1.82, 2.24) is 4.90 Å². The van der Waals surface area contributed by atoms with E-state index in [9.17, 15) is 0 Å². The molecule has 2 aliphatic heterocycles. The average Bonchev–Trinajstić information content (AvgIpc) is 3.40. The van der Waals surface area contributed by atoms with Crippen molar-refractivity contribution in [3.05, 3.63) is 107 Å². The van der Waals surface area contributed by atoms with Gasteiger partial charge >= 0.3 is 0 Å². The van der Waals surface area contributed by atoms with Gasteiger partial charge in [0, 0.05) is 11.5 Å². The molecule has 3 aromatic carbocycles. The van der Waals surface area contributed by atoms with E-state index in [1.807, 2.05) is 12.1 Å². The number of para-hydroxylation sites is 1. The molecule has 1 aromatic heterocycles. The van der Waals surface area contributed by atoms with E-state index in [-0.39, 0.29) is 12.3 Å². The normalized spacial score (nSPS) is 20.2. The molecule has 3 heteroatoms. The van der Waals surface area contributed by atoms with Gasteiger partial charge < -0.3 is 14.1 Å². The van der Waals surface area contributed by atoms with Crippen molar-refractivity contribution in [2.45, 2.75) is 25.6 Å². The summed E-state index contributed by atoms with van der Waals surface area (Å²) in [6.45, 7) is 2.84. The van der Waals surface area contributed by atoms with Gasteiger partial charge in [-0.15, -0.1) is 0 Å². The van der Waals surface area contributed by atoms with Crippen LogP contribution >= 0.6 is 0 Å². The molecular formula is C27H23NO2. The lowest BCUT2D eigenvalue weighted by atomic mass is 9.96. The molecule has 0 bridgehead atoms. The quantitative estimate of drug-likeness (QED) is 0.393. The highest BCUT2D eigenvalue weighted by Gasteiger charge is 2.43. The first kappa shape index (κ1) is 17.5. The Bertz CT molecular complexity index is 1240. The van der Waals surface area contributed by atoms with E-state index in [2.05, 4.69) is 84.6 Å². The molecule has 2 aliphatic rings. The minimum Gasteiger partial charge on any atom is -0.456 e.